The maximum Gasteiger partial charge on any atom is 0.322 e. The Morgan fingerprint density at radius 1 is 1.10 bits per heavy atom. The smallest absolute Gasteiger partial charge is 0.322 e. The monoisotopic (exact) mass is 430 g/mol. The van der Waals surface area contributed by atoms with Crippen LogP contribution in [0.2, 0.25) is 0 Å². The average molecular weight is 431 g/mol. The van der Waals surface area contributed by atoms with Crippen molar-refractivity contribution in [1.82, 2.24) is 14.4 Å². The van der Waals surface area contributed by atoms with Crippen LogP contribution >= 0.6 is 0 Å². The number of carbonyl (C=O) groups excluding carboxylic acids is 2. The highest BCUT2D eigenvalue weighted by Crippen LogP contribution is 2.17. The fourth-order valence-electron chi connectivity index (χ4n) is 3.12. The second-order valence-electron chi connectivity index (χ2n) is 7.36. The first kappa shape index (κ1) is 24.3. The fourth-order valence-corrected chi connectivity index (χ4v) is 3.12. The number of rotatable bonds is 12. The van der Waals surface area contributed by atoms with Crippen molar-refractivity contribution in [3.63, 3.8) is 0 Å². The molecule has 0 saturated heterocycles. The van der Waals surface area contributed by atoms with Gasteiger partial charge in [0.05, 0.1) is 20.3 Å². The van der Waals surface area contributed by atoms with E-state index in [-0.39, 0.29) is 18.5 Å². The van der Waals surface area contributed by atoms with Crippen molar-refractivity contribution in [2.45, 2.75) is 26.3 Å². The predicted octanol–water partition coefficient (Wildman–Crippen LogP) is 3.34. The van der Waals surface area contributed by atoms with Gasteiger partial charge >= 0.3 is 6.03 Å². The number of methoxy groups -OCH3 is 2. The molecule has 8 heteroatoms. The standard InChI is InChI=1S/C23H34N4O4/c1-5-6-13-27(23(29)24-19-9-7-11-21(16-19)31-4)18-22(28)26(14-15-30-3)17-20-10-8-12-25(20)2/h7-12,16H,5-6,13-15,17-18H2,1-4H3,(H,24,29). The number of hydrogen-bond donors (Lipinski definition) is 1. The quantitative estimate of drug-likeness (QED) is 0.560. The molecule has 1 N–H and O–H groups in total. The fraction of sp³-hybridized carbons (Fsp3) is 0.478. The van der Waals surface area contributed by atoms with Crippen LogP contribution in [0.4, 0.5) is 10.5 Å². The lowest BCUT2D eigenvalue weighted by atomic mass is 10.3. The van der Waals surface area contributed by atoms with Gasteiger partial charge in [-0.1, -0.05) is 19.4 Å². The molecule has 0 radical (unpaired) electrons. The van der Waals surface area contributed by atoms with Gasteiger partial charge in [0.25, 0.3) is 0 Å². The average Bonchev–Trinajstić information content (AvgIpc) is 3.18. The molecule has 0 spiro atoms. The Morgan fingerprint density at radius 2 is 1.90 bits per heavy atom. The van der Waals surface area contributed by atoms with Crippen molar-refractivity contribution in [3.8, 4) is 5.75 Å². The third-order valence-electron chi connectivity index (χ3n) is 5.04. The molecule has 2 rings (SSSR count). The van der Waals surface area contributed by atoms with Crippen LogP contribution in [-0.2, 0) is 23.1 Å². The van der Waals surface area contributed by atoms with E-state index in [9.17, 15) is 9.59 Å². The van der Waals surface area contributed by atoms with E-state index in [0.29, 0.717) is 37.7 Å². The van der Waals surface area contributed by atoms with Crippen LogP contribution in [0.15, 0.2) is 42.6 Å². The summed E-state index contributed by atoms with van der Waals surface area (Å²) in [4.78, 5) is 29.4. The van der Waals surface area contributed by atoms with Crippen molar-refractivity contribution in [3.05, 3.63) is 48.3 Å². The lowest BCUT2D eigenvalue weighted by Crippen LogP contribution is -2.45. The van der Waals surface area contributed by atoms with E-state index < -0.39 is 0 Å². The van der Waals surface area contributed by atoms with Crippen LogP contribution in [0, 0.1) is 0 Å². The number of ether oxygens (including phenoxy) is 2. The highest BCUT2D eigenvalue weighted by atomic mass is 16.5. The first-order chi connectivity index (χ1) is 15.0. The molecule has 0 bridgehead atoms. The molecule has 2 aromatic rings. The van der Waals surface area contributed by atoms with Crippen LogP contribution in [0.1, 0.15) is 25.5 Å². The number of urea groups is 1. The Balaban J connectivity index is 2.10. The maximum atomic E-state index is 13.1. The molecule has 0 aliphatic carbocycles. The lowest BCUT2D eigenvalue weighted by Gasteiger charge is -2.28. The molecular weight excluding hydrogens is 396 g/mol. The molecule has 3 amide bonds. The third-order valence-corrected chi connectivity index (χ3v) is 5.04. The van der Waals surface area contributed by atoms with Gasteiger partial charge in [0.1, 0.15) is 12.3 Å². The van der Waals surface area contributed by atoms with E-state index in [1.165, 1.54) is 0 Å². The van der Waals surface area contributed by atoms with E-state index in [1.807, 2.05) is 42.1 Å². The van der Waals surface area contributed by atoms with E-state index in [2.05, 4.69) is 12.2 Å². The Morgan fingerprint density at radius 3 is 2.55 bits per heavy atom. The molecule has 1 aromatic carbocycles. The zero-order chi connectivity index (χ0) is 22.6. The largest absolute Gasteiger partial charge is 0.497 e. The number of unbranched alkanes of at least 4 members (excludes halogenated alkanes) is 1. The minimum Gasteiger partial charge on any atom is -0.497 e. The van der Waals surface area contributed by atoms with Gasteiger partial charge in [0, 0.05) is 50.9 Å². The van der Waals surface area contributed by atoms with Gasteiger partial charge in [0.15, 0.2) is 0 Å². The topological polar surface area (TPSA) is 76.0 Å². The molecule has 0 atom stereocenters. The third kappa shape index (κ3) is 7.64. The Labute approximate surface area is 184 Å². The highest BCUT2D eigenvalue weighted by Gasteiger charge is 2.22. The van der Waals surface area contributed by atoms with Crippen molar-refractivity contribution >= 4 is 17.6 Å². The zero-order valence-corrected chi connectivity index (χ0v) is 19.0. The molecule has 0 fully saturated rings. The summed E-state index contributed by atoms with van der Waals surface area (Å²) < 4.78 is 12.4. The summed E-state index contributed by atoms with van der Waals surface area (Å²) in [6, 6.07) is 10.8. The summed E-state index contributed by atoms with van der Waals surface area (Å²) >= 11 is 0. The van der Waals surface area contributed by atoms with E-state index in [4.69, 9.17) is 9.47 Å². The second kappa shape index (κ2) is 12.6. The molecule has 1 aromatic heterocycles. The van der Waals surface area contributed by atoms with Crippen molar-refractivity contribution in [1.29, 1.82) is 0 Å². The first-order valence-electron chi connectivity index (χ1n) is 10.5. The van der Waals surface area contributed by atoms with Gasteiger partial charge < -0.3 is 29.2 Å². The number of anilines is 1. The predicted molar refractivity (Wildman–Crippen MR) is 121 cm³/mol. The van der Waals surface area contributed by atoms with E-state index >= 15 is 0 Å². The Hall–Kier alpha value is -3.00. The first-order valence-corrected chi connectivity index (χ1v) is 10.5. The summed E-state index contributed by atoms with van der Waals surface area (Å²) in [5.74, 6) is 0.539. The number of aryl methyl sites for hydroxylation is 1. The molecule has 8 nitrogen and oxygen atoms in total. The molecule has 0 aliphatic heterocycles. The number of carbonyl (C=O) groups is 2. The minimum atomic E-state index is -0.305. The van der Waals surface area contributed by atoms with Gasteiger partial charge in [-0.25, -0.2) is 4.79 Å². The molecule has 170 valence electrons. The van der Waals surface area contributed by atoms with Crippen molar-refractivity contribution in [2.24, 2.45) is 7.05 Å². The Kier molecular flexibility index (Phi) is 9.90. The summed E-state index contributed by atoms with van der Waals surface area (Å²) in [7, 11) is 5.14. The number of hydrogen-bond acceptors (Lipinski definition) is 4. The van der Waals surface area contributed by atoms with Crippen LogP contribution < -0.4 is 10.1 Å². The molecule has 0 aliphatic rings. The van der Waals surface area contributed by atoms with Crippen LogP contribution in [-0.4, -0.2) is 66.8 Å². The van der Waals surface area contributed by atoms with E-state index in [0.717, 1.165) is 18.5 Å². The van der Waals surface area contributed by atoms with Gasteiger partial charge in [-0.15, -0.1) is 0 Å². The van der Waals surface area contributed by atoms with Gasteiger partial charge in [0.2, 0.25) is 5.91 Å². The highest BCUT2D eigenvalue weighted by molar-refractivity contribution is 5.92. The molecule has 1 heterocycles. The van der Waals surface area contributed by atoms with Gasteiger partial charge in [-0.05, 0) is 30.7 Å². The lowest BCUT2D eigenvalue weighted by molar-refractivity contribution is -0.133. The molecular formula is C23H34N4O4. The van der Waals surface area contributed by atoms with E-state index in [1.54, 1.807) is 36.2 Å². The molecule has 31 heavy (non-hydrogen) atoms. The van der Waals surface area contributed by atoms with Crippen LogP contribution in [0.5, 0.6) is 5.75 Å². The molecule has 0 saturated carbocycles. The van der Waals surface area contributed by atoms with Crippen molar-refractivity contribution in [2.75, 3.05) is 45.8 Å². The summed E-state index contributed by atoms with van der Waals surface area (Å²) in [5, 5.41) is 2.88. The zero-order valence-electron chi connectivity index (χ0n) is 19.0. The molecule has 0 unspecified atom stereocenters. The Bertz CT molecular complexity index is 836. The van der Waals surface area contributed by atoms with Gasteiger partial charge in [-0.2, -0.15) is 0 Å². The minimum absolute atomic E-state index is 0.00391. The summed E-state index contributed by atoms with van der Waals surface area (Å²) in [6.07, 6.45) is 3.69. The van der Waals surface area contributed by atoms with Crippen LogP contribution in [0.3, 0.4) is 0 Å². The second-order valence-corrected chi connectivity index (χ2v) is 7.36. The number of nitrogens with one attached hydrogen (secondary N) is 1. The maximum absolute atomic E-state index is 13.1. The SMILES string of the molecule is CCCCN(CC(=O)N(CCOC)Cc1cccn1C)C(=O)Nc1cccc(OC)c1. The van der Waals surface area contributed by atoms with Crippen LogP contribution in [0.25, 0.3) is 0 Å². The van der Waals surface area contributed by atoms with Gasteiger partial charge in [-0.3, -0.25) is 4.79 Å². The number of amides is 3. The number of benzene rings is 1. The van der Waals surface area contributed by atoms with Crippen molar-refractivity contribution < 1.29 is 19.1 Å². The number of nitrogens with zero attached hydrogens (tertiary/aromatic N) is 3. The number of aromatic nitrogens is 1. The summed E-state index contributed by atoms with van der Waals surface area (Å²) in [5.41, 5.74) is 1.64. The normalized spacial score (nSPS) is 10.6. The summed E-state index contributed by atoms with van der Waals surface area (Å²) in [6.45, 7) is 3.91.